The smallest absolute Gasteiger partial charge is 0.317 e. The van der Waals surface area contributed by atoms with Crippen molar-refractivity contribution in [2.75, 3.05) is 20.5 Å². The molecule has 16 heteroatoms. The number of carboxylic acids is 1. The third-order valence-corrected chi connectivity index (χ3v) is 7.38. The molecule has 0 saturated carbocycles. The molecule has 2 aromatic carbocycles. The molecular weight excluding hydrogens is 576 g/mol. The van der Waals surface area contributed by atoms with Gasteiger partial charge in [0.25, 0.3) is 0 Å². The maximum absolute atomic E-state index is 12.0. The average molecular weight is 609 g/mol. The number of fused-ring (bicyclic) bond motifs is 5. The number of esters is 1. The fourth-order valence-electron chi connectivity index (χ4n) is 5.37. The van der Waals surface area contributed by atoms with Crippen LogP contribution in [-0.2, 0) is 19.1 Å². The van der Waals surface area contributed by atoms with Crippen LogP contribution in [-0.4, -0.2) is 101 Å². The number of carbonyl (C=O) groups excluding carboxylic acids is 1. The lowest BCUT2D eigenvalue weighted by Crippen LogP contribution is -2.66. The molecule has 9 N–H and O–H groups in total. The van der Waals surface area contributed by atoms with Gasteiger partial charge in [-0.2, -0.15) is 0 Å². The van der Waals surface area contributed by atoms with Gasteiger partial charge in [-0.15, -0.1) is 0 Å². The normalized spacial score (nSPS) is 28.0. The lowest BCUT2D eigenvalue weighted by molar-refractivity contribution is -0.291. The van der Waals surface area contributed by atoms with Crippen molar-refractivity contribution in [3.05, 3.63) is 41.5 Å². The summed E-state index contributed by atoms with van der Waals surface area (Å²) in [6.07, 6.45) is -13.1. The van der Waals surface area contributed by atoms with Crippen LogP contribution in [0, 0.1) is 0 Å². The highest BCUT2D eigenvalue weighted by atomic mass is 16.7. The SMILES string of the molecule is COc1c(OCO)ccc2c1O[C@H]1c3ccc(O[C@@H]4O[C@H]([C@H](OC(=O)CC(=O)O)C(N)N)[C@@H](O)[C@H](O)[C@H]4O)cc3OC[C@@H]21. The number of rotatable bonds is 10. The van der Waals surface area contributed by atoms with E-state index < -0.39 is 74.2 Å². The highest BCUT2D eigenvalue weighted by Gasteiger charge is 2.50. The summed E-state index contributed by atoms with van der Waals surface area (Å²) in [6, 6.07) is 8.26. The minimum atomic E-state index is -1.84. The van der Waals surface area contributed by atoms with Crippen LogP contribution in [0.4, 0.5) is 0 Å². The van der Waals surface area contributed by atoms with Crippen LogP contribution in [0.1, 0.15) is 29.6 Å². The molecule has 0 amide bonds. The number of hydrogen-bond acceptors (Lipinski definition) is 15. The first-order valence-corrected chi connectivity index (χ1v) is 13.2. The molecule has 1 fully saturated rings. The van der Waals surface area contributed by atoms with Gasteiger partial charge in [-0.05, 0) is 18.2 Å². The Bertz CT molecular complexity index is 1360. The van der Waals surface area contributed by atoms with Gasteiger partial charge in [0.15, 0.2) is 24.4 Å². The van der Waals surface area contributed by atoms with Gasteiger partial charge < -0.3 is 70.2 Å². The molecular formula is C27H32N2O14. The zero-order valence-electron chi connectivity index (χ0n) is 22.8. The van der Waals surface area contributed by atoms with Crippen molar-refractivity contribution in [3.63, 3.8) is 0 Å². The molecule has 2 aromatic rings. The van der Waals surface area contributed by atoms with Gasteiger partial charge in [0, 0.05) is 17.2 Å². The second kappa shape index (κ2) is 12.4. The molecule has 3 aliphatic heterocycles. The lowest BCUT2D eigenvalue weighted by Gasteiger charge is -2.43. The monoisotopic (exact) mass is 608 g/mol. The highest BCUT2D eigenvalue weighted by Crippen LogP contribution is 2.56. The summed E-state index contributed by atoms with van der Waals surface area (Å²) >= 11 is 0. The van der Waals surface area contributed by atoms with E-state index >= 15 is 0 Å². The lowest BCUT2D eigenvalue weighted by atomic mass is 9.89. The van der Waals surface area contributed by atoms with Gasteiger partial charge >= 0.3 is 11.9 Å². The Morgan fingerprint density at radius 3 is 2.49 bits per heavy atom. The number of aliphatic hydroxyl groups is 4. The molecule has 0 bridgehead atoms. The van der Waals surface area contributed by atoms with Crippen molar-refractivity contribution in [2.45, 2.75) is 61.4 Å². The molecule has 0 aliphatic carbocycles. The summed E-state index contributed by atoms with van der Waals surface area (Å²) in [6.45, 7) is -0.298. The quantitative estimate of drug-likeness (QED) is 0.0915. The maximum Gasteiger partial charge on any atom is 0.317 e. The summed E-state index contributed by atoms with van der Waals surface area (Å²) in [5.41, 5.74) is 12.9. The number of aliphatic hydroxyl groups excluding tert-OH is 4. The van der Waals surface area contributed by atoms with E-state index in [2.05, 4.69) is 0 Å². The summed E-state index contributed by atoms with van der Waals surface area (Å²) < 4.78 is 39.4. The molecule has 5 rings (SSSR count). The largest absolute Gasteiger partial charge is 0.492 e. The van der Waals surface area contributed by atoms with Crippen molar-refractivity contribution in [3.8, 4) is 28.7 Å². The fourth-order valence-corrected chi connectivity index (χ4v) is 5.37. The van der Waals surface area contributed by atoms with E-state index in [0.717, 1.165) is 5.56 Å². The molecule has 234 valence electrons. The van der Waals surface area contributed by atoms with Crippen LogP contribution >= 0.6 is 0 Å². The molecule has 3 aliphatic rings. The van der Waals surface area contributed by atoms with Crippen LogP contribution < -0.4 is 35.2 Å². The van der Waals surface area contributed by atoms with E-state index in [1.54, 1.807) is 18.2 Å². The molecule has 1 saturated heterocycles. The second-order valence-electron chi connectivity index (χ2n) is 10.1. The molecule has 0 radical (unpaired) electrons. The Labute approximate surface area is 244 Å². The number of carbonyl (C=O) groups is 2. The molecule has 0 spiro atoms. The van der Waals surface area contributed by atoms with E-state index in [-0.39, 0.29) is 18.3 Å². The van der Waals surface area contributed by atoms with Crippen LogP contribution in [0.5, 0.6) is 28.7 Å². The van der Waals surface area contributed by atoms with E-state index in [9.17, 15) is 30.0 Å². The first-order valence-electron chi connectivity index (χ1n) is 13.2. The Hall–Kier alpha value is -3.90. The van der Waals surface area contributed by atoms with Crippen molar-refractivity contribution in [1.29, 1.82) is 0 Å². The Morgan fingerprint density at radius 1 is 1.07 bits per heavy atom. The van der Waals surface area contributed by atoms with Gasteiger partial charge in [-0.1, -0.05) is 6.07 Å². The summed E-state index contributed by atoms with van der Waals surface area (Å²) in [5.74, 6) is -1.17. The van der Waals surface area contributed by atoms with Crippen LogP contribution in [0.15, 0.2) is 30.3 Å². The molecule has 3 heterocycles. The van der Waals surface area contributed by atoms with Crippen molar-refractivity contribution < 1.29 is 68.3 Å². The summed E-state index contributed by atoms with van der Waals surface area (Å²) in [5, 5.41) is 49.7. The minimum Gasteiger partial charge on any atom is -0.492 e. The third kappa shape index (κ3) is 5.85. The topological polar surface area (TPSA) is 252 Å². The third-order valence-electron chi connectivity index (χ3n) is 7.38. The number of benzene rings is 2. The van der Waals surface area contributed by atoms with Gasteiger partial charge in [0.05, 0.1) is 25.8 Å². The Morgan fingerprint density at radius 2 is 1.81 bits per heavy atom. The van der Waals surface area contributed by atoms with Crippen LogP contribution in [0.3, 0.4) is 0 Å². The summed E-state index contributed by atoms with van der Waals surface area (Å²) in [4.78, 5) is 22.8. The predicted molar refractivity (Wildman–Crippen MR) is 140 cm³/mol. The number of nitrogens with two attached hydrogens (primary N) is 2. The standard InChI is InChI=1S/C27H32N2O14/c1-37-23-14(39-9-30)5-4-11-13-8-38-15-6-10(2-3-12(15)21(13)42-22(11)23)40-27-20(36)18(34)19(35)24(43-27)25(26(28)29)41-17(33)7-16(31)32/h2-6,13,18-21,24-27,30,34-36H,7-9,28-29H2,1H3,(H,31,32)/t13-,18-,19-,20+,21-,24-,25-,27+/m0/s1. The zero-order chi connectivity index (χ0) is 31.0. The van der Waals surface area contributed by atoms with Crippen LogP contribution in [0.2, 0.25) is 0 Å². The first kappa shape index (κ1) is 30.6. The molecule has 43 heavy (non-hydrogen) atoms. The van der Waals surface area contributed by atoms with Crippen molar-refractivity contribution in [1.82, 2.24) is 0 Å². The number of carboxylic acid groups (broad SMARTS) is 1. The van der Waals surface area contributed by atoms with Gasteiger partial charge in [-0.3, -0.25) is 9.59 Å². The Kier molecular flexibility index (Phi) is 8.79. The molecule has 16 nitrogen and oxygen atoms in total. The van der Waals surface area contributed by atoms with Gasteiger partial charge in [0.1, 0.15) is 48.4 Å². The predicted octanol–water partition coefficient (Wildman–Crippen LogP) is -1.55. The minimum absolute atomic E-state index is 0.145. The second-order valence-corrected chi connectivity index (χ2v) is 10.1. The first-order chi connectivity index (χ1) is 20.5. The van der Waals surface area contributed by atoms with Crippen LogP contribution in [0.25, 0.3) is 0 Å². The van der Waals surface area contributed by atoms with Gasteiger partial charge in [0.2, 0.25) is 12.0 Å². The number of aliphatic carboxylic acids is 1. The van der Waals surface area contributed by atoms with Crippen molar-refractivity contribution in [2.24, 2.45) is 11.5 Å². The van der Waals surface area contributed by atoms with Crippen molar-refractivity contribution >= 4 is 11.9 Å². The summed E-state index contributed by atoms with van der Waals surface area (Å²) in [7, 11) is 1.46. The highest BCUT2D eigenvalue weighted by molar-refractivity contribution is 5.90. The average Bonchev–Trinajstić information content (AvgIpc) is 3.35. The van der Waals surface area contributed by atoms with Gasteiger partial charge in [-0.25, -0.2) is 0 Å². The number of ether oxygens (including phenoxy) is 7. The molecule has 0 unspecified atom stereocenters. The number of methoxy groups -OCH3 is 1. The van der Waals surface area contributed by atoms with E-state index in [1.165, 1.54) is 13.2 Å². The van der Waals surface area contributed by atoms with E-state index in [4.69, 9.17) is 49.7 Å². The van der Waals surface area contributed by atoms with E-state index in [1.807, 2.05) is 6.07 Å². The molecule has 0 aromatic heterocycles. The zero-order valence-corrected chi connectivity index (χ0v) is 22.8. The maximum atomic E-state index is 12.0. The molecule has 8 atom stereocenters. The fraction of sp³-hybridized carbons (Fsp3) is 0.481. The Balaban J connectivity index is 1.34. The van der Waals surface area contributed by atoms with E-state index in [0.29, 0.717) is 28.6 Å². The number of hydrogen-bond donors (Lipinski definition) is 7.